The fraction of sp³-hybridized carbons (Fsp3) is 0.391. The Kier molecular flexibility index (Phi) is 10.2. The molecule has 7 heteroatoms. The number of aromatic hydroxyl groups is 2. The molecule has 0 fully saturated rings. The highest BCUT2D eigenvalue weighted by atomic mass is 16.5. The van der Waals surface area contributed by atoms with Crippen molar-refractivity contribution in [1.29, 1.82) is 0 Å². The molecular formula is C23H31N3O4. The highest BCUT2D eigenvalue weighted by Crippen LogP contribution is 2.29. The van der Waals surface area contributed by atoms with Crippen molar-refractivity contribution in [3.8, 4) is 23.0 Å². The summed E-state index contributed by atoms with van der Waals surface area (Å²) in [5, 5.41) is 23.5. The van der Waals surface area contributed by atoms with Crippen LogP contribution in [-0.4, -0.2) is 62.0 Å². The second kappa shape index (κ2) is 13.2. The zero-order chi connectivity index (χ0) is 21.6. The number of nitrogens with zero attached hydrogens (tertiary/aromatic N) is 2. The van der Waals surface area contributed by atoms with Gasteiger partial charge in [-0.2, -0.15) is 0 Å². The van der Waals surface area contributed by atoms with Crippen LogP contribution in [0.1, 0.15) is 31.4 Å². The maximum absolute atomic E-state index is 10.1. The Bertz CT molecular complexity index is 768. The van der Waals surface area contributed by atoms with Crippen molar-refractivity contribution >= 4 is 12.4 Å². The zero-order valence-corrected chi connectivity index (χ0v) is 17.7. The molecule has 2 aromatic rings. The van der Waals surface area contributed by atoms with E-state index in [1.165, 1.54) is 0 Å². The van der Waals surface area contributed by atoms with E-state index >= 15 is 0 Å². The fourth-order valence-corrected chi connectivity index (χ4v) is 2.72. The van der Waals surface area contributed by atoms with Crippen LogP contribution < -0.4 is 14.8 Å². The molecular weight excluding hydrogens is 382 g/mol. The van der Waals surface area contributed by atoms with Crippen LogP contribution in [0, 0.1) is 0 Å². The van der Waals surface area contributed by atoms with Gasteiger partial charge >= 0.3 is 0 Å². The number of rotatable bonds is 13. The third-order valence-corrected chi connectivity index (χ3v) is 4.18. The molecule has 0 aliphatic heterocycles. The number of ether oxygens (including phenoxy) is 2. The van der Waals surface area contributed by atoms with Gasteiger partial charge in [-0.25, -0.2) is 0 Å². The van der Waals surface area contributed by atoms with E-state index in [2.05, 4.69) is 15.3 Å². The molecule has 2 rings (SSSR count). The summed E-state index contributed by atoms with van der Waals surface area (Å²) in [7, 11) is 0. The van der Waals surface area contributed by atoms with E-state index in [1.54, 1.807) is 36.7 Å². The van der Waals surface area contributed by atoms with Gasteiger partial charge in [-0.1, -0.05) is 12.1 Å². The summed E-state index contributed by atoms with van der Waals surface area (Å²) < 4.78 is 10.7. The van der Waals surface area contributed by atoms with E-state index in [1.807, 2.05) is 26.0 Å². The van der Waals surface area contributed by atoms with E-state index in [0.717, 1.165) is 19.5 Å². The second-order valence-electron chi connectivity index (χ2n) is 6.43. The molecule has 0 amide bonds. The molecule has 0 radical (unpaired) electrons. The number of hydrogen-bond acceptors (Lipinski definition) is 7. The summed E-state index contributed by atoms with van der Waals surface area (Å²) >= 11 is 0. The number of aliphatic imine (C=N–C) groups is 2. The van der Waals surface area contributed by atoms with Gasteiger partial charge in [0.05, 0.1) is 19.8 Å². The van der Waals surface area contributed by atoms with Crippen molar-refractivity contribution in [2.24, 2.45) is 9.98 Å². The molecule has 7 nitrogen and oxygen atoms in total. The van der Waals surface area contributed by atoms with Crippen LogP contribution in [0.3, 0.4) is 0 Å². The maximum atomic E-state index is 10.1. The van der Waals surface area contributed by atoms with Crippen LogP contribution >= 0.6 is 0 Å². The predicted octanol–water partition coefficient (Wildman–Crippen LogP) is 3.41. The highest BCUT2D eigenvalue weighted by Gasteiger charge is 2.06. The lowest BCUT2D eigenvalue weighted by molar-refractivity contribution is 0.318. The van der Waals surface area contributed by atoms with E-state index in [-0.39, 0.29) is 11.5 Å². The lowest BCUT2D eigenvalue weighted by Gasteiger charge is -2.07. The van der Waals surface area contributed by atoms with Crippen LogP contribution in [0.5, 0.6) is 23.0 Å². The van der Waals surface area contributed by atoms with E-state index in [4.69, 9.17) is 9.47 Å². The minimum absolute atomic E-state index is 0.117. The van der Waals surface area contributed by atoms with Gasteiger partial charge in [0.2, 0.25) is 0 Å². The first-order chi connectivity index (χ1) is 14.7. The van der Waals surface area contributed by atoms with Crippen LogP contribution in [0.15, 0.2) is 46.4 Å². The van der Waals surface area contributed by atoms with Crippen molar-refractivity contribution in [1.82, 2.24) is 5.32 Å². The van der Waals surface area contributed by atoms with Crippen molar-refractivity contribution in [3.63, 3.8) is 0 Å². The number of para-hydroxylation sites is 2. The maximum Gasteiger partial charge on any atom is 0.166 e. The molecule has 2 aromatic carbocycles. The molecule has 0 saturated carbocycles. The Hall–Kier alpha value is -3.06. The van der Waals surface area contributed by atoms with Gasteiger partial charge in [0.1, 0.15) is 0 Å². The third-order valence-electron chi connectivity index (χ3n) is 4.18. The summed E-state index contributed by atoms with van der Waals surface area (Å²) in [4.78, 5) is 8.70. The smallest absolute Gasteiger partial charge is 0.166 e. The predicted molar refractivity (Wildman–Crippen MR) is 121 cm³/mol. The standard InChI is InChI=1S/C23H31N3O4/c1-3-29-20-10-5-8-18(22(20)27)16-25-13-7-12-24-14-15-26-17-19-9-6-11-21(23(19)28)30-4-2/h5-6,8-11,16-17,24,27-28H,3-4,7,12-15H2,1-2H3. The SMILES string of the molecule is CCOc1cccc(C=NCCCNCCN=Cc2cccc(OCC)c2O)c1O. The lowest BCUT2D eigenvalue weighted by Crippen LogP contribution is -2.19. The Morgan fingerprint density at radius 3 is 1.87 bits per heavy atom. The summed E-state index contributed by atoms with van der Waals surface area (Å²) in [5.41, 5.74) is 1.30. The quantitative estimate of drug-likeness (QED) is 0.345. The molecule has 0 aromatic heterocycles. The van der Waals surface area contributed by atoms with Crippen molar-refractivity contribution in [3.05, 3.63) is 47.5 Å². The number of phenolic OH excluding ortho intramolecular Hbond substituents is 2. The van der Waals surface area contributed by atoms with Crippen molar-refractivity contribution < 1.29 is 19.7 Å². The van der Waals surface area contributed by atoms with Gasteiger partial charge in [0.15, 0.2) is 23.0 Å². The van der Waals surface area contributed by atoms with Crippen molar-refractivity contribution in [2.45, 2.75) is 20.3 Å². The molecule has 30 heavy (non-hydrogen) atoms. The van der Waals surface area contributed by atoms with Crippen LogP contribution in [0.25, 0.3) is 0 Å². The van der Waals surface area contributed by atoms with Crippen LogP contribution in [0.4, 0.5) is 0 Å². The topological polar surface area (TPSA) is 95.7 Å². The first-order valence-electron chi connectivity index (χ1n) is 10.3. The monoisotopic (exact) mass is 413 g/mol. The first-order valence-corrected chi connectivity index (χ1v) is 10.3. The fourth-order valence-electron chi connectivity index (χ4n) is 2.72. The molecule has 0 bridgehead atoms. The second-order valence-corrected chi connectivity index (χ2v) is 6.43. The summed E-state index contributed by atoms with van der Waals surface area (Å²) in [6, 6.07) is 10.7. The van der Waals surface area contributed by atoms with E-state index < -0.39 is 0 Å². The summed E-state index contributed by atoms with van der Waals surface area (Å²) in [6.07, 6.45) is 4.21. The molecule has 0 heterocycles. The molecule has 0 atom stereocenters. The van der Waals surface area contributed by atoms with Gasteiger partial charge in [0.25, 0.3) is 0 Å². The van der Waals surface area contributed by atoms with Crippen molar-refractivity contribution in [2.75, 3.05) is 39.4 Å². The van der Waals surface area contributed by atoms with E-state index in [9.17, 15) is 10.2 Å². The third kappa shape index (κ3) is 7.40. The molecule has 162 valence electrons. The summed E-state index contributed by atoms with van der Waals surface area (Å²) in [5.74, 6) is 1.18. The molecule has 0 unspecified atom stereocenters. The Labute approximate surface area is 178 Å². The average Bonchev–Trinajstić information content (AvgIpc) is 2.74. The zero-order valence-electron chi connectivity index (χ0n) is 17.7. The number of hydrogen-bond donors (Lipinski definition) is 3. The Morgan fingerprint density at radius 2 is 1.33 bits per heavy atom. The number of nitrogens with one attached hydrogen (secondary N) is 1. The normalized spacial score (nSPS) is 11.4. The lowest BCUT2D eigenvalue weighted by atomic mass is 10.2. The van der Waals surface area contributed by atoms with Crippen LogP contribution in [-0.2, 0) is 0 Å². The molecule has 0 spiro atoms. The average molecular weight is 414 g/mol. The molecule has 0 saturated heterocycles. The van der Waals surface area contributed by atoms with Gasteiger partial charge < -0.3 is 25.0 Å². The van der Waals surface area contributed by atoms with E-state index in [0.29, 0.717) is 48.9 Å². The molecule has 0 aliphatic rings. The van der Waals surface area contributed by atoms with Gasteiger partial charge in [-0.05, 0) is 51.1 Å². The Morgan fingerprint density at radius 1 is 0.800 bits per heavy atom. The largest absolute Gasteiger partial charge is 0.504 e. The van der Waals surface area contributed by atoms with Gasteiger partial charge in [-0.15, -0.1) is 0 Å². The first kappa shape index (κ1) is 23.2. The highest BCUT2D eigenvalue weighted by molar-refractivity contribution is 5.85. The number of phenols is 2. The van der Waals surface area contributed by atoms with Gasteiger partial charge in [0, 0.05) is 36.6 Å². The van der Waals surface area contributed by atoms with Crippen LogP contribution in [0.2, 0.25) is 0 Å². The van der Waals surface area contributed by atoms with Gasteiger partial charge in [-0.3, -0.25) is 9.98 Å². The molecule has 3 N–H and O–H groups in total. The minimum atomic E-state index is 0.117. The Balaban J connectivity index is 1.64. The minimum Gasteiger partial charge on any atom is -0.504 e. The number of benzene rings is 2. The molecule has 0 aliphatic carbocycles. The summed E-state index contributed by atoms with van der Waals surface area (Å²) in [6.45, 7) is 7.59.